The average Bonchev–Trinajstić information content (AvgIpc) is 2.58. The summed E-state index contributed by atoms with van der Waals surface area (Å²) in [5.41, 5.74) is 2.08. The summed E-state index contributed by atoms with van der Waals surface area (Å²) in [6, 6.07) is 2.55. The van der Waals surface area contributed by atoms with Gasteiger partial charge in [0.15, 0.2) is 0 Å². The number of nitrogens with one attached hydrogen (secondary N) is 1. The first-order valence-corrected chi connectivity index (χ1v) is 6.69. The second-order valence-electron chi connectivity index (χ2n) is 5.33. The fourth-order valence-corrected chi connectivity index (χ4v) is 2.98. The van der Waals surface area contributed by atoms with E-state index in [2.05, 4.69) is 29.1 Å². The molecular formula is C14H23N3. The molecule has 3 nitrogen and oxygen atoms in total. The highest BCUT2D eigenvalue weighted by Crippen LogP contribution is 2.35. The minimum atomic E-state index is 0.543. The fraction of sp³-hybridized carbons (Fsp3) is 0.714. The molecule has 1 saturated carbocycles. The number of anilines is 1. The lowest BCUT2D eigenvalue weighted by Crippen LogP contribution is -2.25. The zero-order chi connectivity index (χ0) is 12.4. The third kappa shape index (κ3) is 2.76. The lowest BCUT2D eigenvalue weighted by atomic mass is 9.94. The molecule has 2 rings (SSSR count). The van der Waals surface area contributed by atoms with Crippen LogP contribution in [0.2, 0.25) is 0 Å². The predicted molar refractivity (Wildman–Crippen MR) is 71.1 cm³/mol. The third-order valence-electron chi connectivity index (χ3n) is 4.05. The molecule has 1 fully saturated rings. The zero-order valence-electron chi connectivity index (χ0n) is 11.3. The van der Waals surface area contributed by atoms with Crippen LogP contribution in [0, 0.1) is 25.7 Å². The van der Waals surface area contributed by atoms with Gasteiger partial charge in [-0.2, -0.15) is 0 Å². The highest BCUT2D eigenvalue weighted by Gasteiger charge is 2.31. The summed E-state index contributed by atoms with van der Waals surface area (Å²) in [7, 11) is 0. The Bertz CT molecular complexity index is 369. The maximum absolute atomic E-state index is 4.46. The van der Waals surface area contributed by atoms with Crippen molar-refractivity contribution >= 4 is 5.95 Å². The number of hydrogen-bond acceptors (Lipinski definition) is 3. The Morgan fingerprint density at radius 1 is 1.24 bits per heavy atom. The Morgan fingerprint density at radius 3 is 2.41 bits per heavy atom. The van der Waals surface area contributed by atoms with Gasteiger partial charge < -0.3 is 5.32 Å². The Labute approximate surface area is 104 Å². The van der Waals surface area contributed by atoms with Gasteiger partial charge in [0.2, 0.25) is 5.95 Å². The van der Waals surface area contributed by atoms with E-state index in [0.717, 1.165) is 29.2 Å². The van der Waals surface area contributed by atoms with E-state index in [9.17, 15) is 0 Å². The molecule has 1 aromatic heterocycles. The van der Waals surface area contributed by atoms with E-state index >= 15 is 0 Å². The van der Waals surface area contributed by atoms with Crippen molar-refractivity contribution in [2.24, 2.45) is 11.8 Å². The van der Waals surface area contributed by atoms with E-state index in [1.54, 1.807) is 0 Å². The molecular weight excluding hydrogens is 210 g/mol. The van der Waals surface area contributed by atoms with Crippen LogP contribution < -0.4 is 5.32 Å². The Hall–Kier alpha value is -1.12. The van der Waals surface area contributed by atoms with Gasteiger partial charge in [0.25, 0.3) is 0 Å². The molecule has 1 aliphatic rings. The summed E-state index contributed by atoms with van der Waals surface area (Å²) in [6.45, 7) is 8.68. The number of aromatic nitrogens is 2. The van der Waals surface area contributed by atoms with Crippen LogP contribution in [0.25, 0.3) is 0 Å². The van der Waals surface area contributed by atoms with Crippen molar-refractivity contribution in [2.45, 2.75) is 53.0 Å². The molecule has 3 unspecified atom stereocenters. The SMILES string of the molecule is CCC1CCC(Nc2nc(C)cc(C)n2)C1C. The van der Waals surface area contributed by atoms with Crippen LogP contribution in [0.4, 0.5) is 5.95 Å². The molecule has 17 heavy (non-hydrogen) atoms. The van der Waals surface area contributed by atoms with Gasteiger partial charge >= 0.3 is 0 Å². The molecule has 0 radical (unpaired) electrons. The van der Waals surface area contributed by atoms with Crippen molar-refractivity contribution < 1.29 is 0 Å². The molecule has 0 aliphatic heterocycles. The van der Waals surface area contributed by atoms with Crippen LogP contribution in [0.5, 0.6) is 0 Å². The fourth-order valence-electron chi connectivity index (χ4n) is 2.98. The minimum absolute atomic E-state index is 0.543. The minimum Gasteiger partial charge on any atom is -0.351 e. The first-order chi connectivity index (χ1) is 8.10. The summed E-state index contributed by atoms with van der Waals surface area (Å²) in [5.74, 6) is 2.39. The van der Waals surface area contributed by atoms with Gasteiger partial charge in [-0.05, 0) is 44.6 Å². The van der Waals surface area contributed by atoms with Crippen molar-refractivity contribution in [2.75, 3.05) is 5.32 Å². The molecule has 0 spiro atoms. The monoisotopic (exact) mass is 233 g/mol. The lowest BCUT2D eigenvalue weighted by Gasteiger charge is -2.21. The van der Waals surface area contributed by atoms with E-state index in [-0.39, 0.29) is 0 Å². The molecule has 1 heterocycles. The molecule has 0 saturated heterocycles. The van der Waals surface area contributed by atoms with E-state index in [1.165, 1.54) is 19.3 Å². The molecule has 1 aromatic rings. The standard InChI is InChI=1S/C14H23N3/c1-5-12-6-7-13(11(12)4)17-14-15-9(2)8-10(3)16-14/h8,11-13H,5-7H2,1-4H3,(H,15,16,17). The molecule has 0 bridgehead atoms. The topological polar surface area (TPSA) is 37.8 Å². The van der Waals surface area contributed by atoms with Crippen LogP contribution >= 0.6 is 0 Å². The van der Waals surface area contributed by atoms with E-state index in [0.29, 0.717) is 6.04 Å². The zero-order valence-corrected chi connectivity index (χ0v) is 11.3. The van der Waals surface area contributed by atoms with Gasteiger partial charge in [-0.25, -0.2) is 9.97 Å². The van der Waals surface area contributed by atoms with Crippen LogP contribution in [-0.2, 0) is 0 Å². The summed E-state index contributed by atoms with van der Waals surface area (Å²) in [6.07, 6.45) is 3.86. The largest absolute Gasteiger partial charge is 0.351 e. The van der Waals surface area contributed by atoms with Gasteiger partial charge in [0.1, 0.15) is 0 Å². The predicted octanol–water partition coefficient (Wildman–Crippen LogP) is 3.33. The third-order valence-corrected chi connectivity index (χ3v) is 4.05. The molecule has 3 heteroatoms. The summed E-state index contributed by atoms with van der Waals surface area (Å²) in [5, 5.41) is 3.51. The van der Waals surface area contributed by atoms with Gasteiger partial charge in [0, 0.05) is 17.4 Å². The summed E-state index contributed by atoms with van der Waals surface area (Å²) < 4.78 is 0. The van der Waals surface area contributed by atoms with Gasteiger partial charge in [-0.3, -0.25) is 0 Å². The highest BCUT2D eigenvalue weighted by molar-refractivity contribution is 5.29. The summed E-state index contributed by atoms with van der Waals surface area (Å²) >= 11 is 0. The average molecular weight is 233 g/mol. The molecule has 3 atom stereocenters. The molecule has 1 N–H and O–H groups in total. The Morgan fingerprint density at radius 2 is 1.88 bits per heavy atom. The van der Waals surface area contributed by atoms with Crippen molar-refractivity contribution in [3.8, 4) is 0 Å². The van der Waals surface area contributed by atoms with Gasteiger partial charge in [0.05, 0.1) is 0 Å². The van der Waals surface area contributed by atoms with Crippen molar-refractivity contribution in [1.82, 2.24) is 9.97 Å². The normalized spacial score (nSPS) is 28.4. The van der Waals surface area contributed by atoms with Crippen LogP contribution in [-0.4, -0.2) is 16.0 Å². The van der Waals surface area contributed by atoms with E-state index in [4.69, 9.17) is 0 Å². The van der Waals surface area contributed by atoms with E-state index in [1.807, 2.05) is 19.9 Å². The van der Waals surface area contributed by atoms with Gasteiger partial charge in [-0.1, -0.05) is 20.3 Å². The van der Waals surface area contributed by atoms with Crippen molar-refractivity contribution in [3.05, 3.63) is 17.5 Å². The number of aryl methyl sites for hydroxylation is 2. The summed E-state index contributed by atoms with van der Waals surface area (Å²) in [4.78, 5) is 8.92. The lowest BCUT2D eigenvalue weighted by molar-refractivity contribution is 0.391. The molecule has 1 aliphatic carbocycles. The second kappa shape index (κ2) is 5.03. The van der Waals surface area contributed by atoms with Crippen molar-refractivity contribution in [3.63, 3.8) is 0 Å². The quantitative estimate of drug-likeness (QED) is 0.870. The smallest absolute Gasteiger partial charge is 0.223 e. The van der Waals surface area contributed by atoms with Crippen LogP contribution in [0.1, 0.15) is 44.5 Å². The number of rotatable bonds is 3. The molecule has 0 amide bonds. The first-order valence-electron chi connectivity index (χ1n) is 6.69. The molecule has 0 aromatic carbocycles. The highest BCUT2D eigenvalue weighted by atomic mass is 15.1. The Balaban J connectivity index is 2.06. The maximum atomic E-state index is 4.46. The van der Waals surface area contributed by atoms with Gasteiger partial charge in [-0.15, -0.1) is 0 Å². The second-order valence-corrected chi connectivity index (χ2v) is 5.33. The first kappa shape index (κ1) is 12.3. The van der Waals surface area contributed by atoms with Crippen LogP contribution in [0.15, 0.2) is 6.07 Å². The maximum Gasteiger partial charge on any atom is 0.223 e. The Kier molecular flexibility index (Phi) is 3.65. The van der Waals surface area contributed by atoms with E-state index < -0.39 is 0 Å². The van der Waals surface area contributed by atoms with Crippen LogP contribution in [0.3, 0.4) is 0 Å². The number of nitrogens with zero attached hydrogens (tertiary/aromatic N) is 2. The molecule has 94 valence electrons. The number of hydrogen-bond donors (Lipinski definition) is 1. The van der Waals surface area contributed by atoms with Crippen molar-refractivity contribution in [1.29, 1.82) is 0 Å².